The zero-order chi connectivity index (χ0) is 19.2. The molecule has 0 bridgehead atoms. The fourth-order valence-electron chi connectivity index (χ4n) is 2.03. The lowest BCUT2D eigenvalue weighted by atomic mass is 10.2. The Morgan fingerprint density at radius 3 is 2.58 bits per heavy atom. The Labute approximate surface area is 157 Å². The Balaban J connectivity index is 2.01. The van der Waals surface area contributed by atoms with E-state index in [1.165, 1.54) is 38.6 Å². The van der Waals surface area contributed by atoms with E-state index in [0.717, 1.165) is 9.87 Å². The van der Waals surface area contributed by atoms with E-state index in [-0.39, 0.29) is 9.92 Å². The molecule has 138 valence electrons. The smallest absolute Gasteiger partial charge is 0.255 e. The monoisotopic (exact) mass is 395 g/mol. The fourth-order valence-corrected chi connectivity index (χ4v) is 3.50. The summed E-state index contributed by atoms with van der Waals surface area (Å²) in [4.78, 5) is 11.9. The molecule has 26 heavy (non-hydrogen) atoms. The SMILES string of the molecule is COc1ccc(S(=O)(=O)N(C)CC(=O)N/N=C/c2ccccc2)cc1Cl. The molecular weight excluding hydrogens is 378 g/mol. The summed E-state index contributed by atoms with van der Waals surface area (Å²) in [6, 6.07) is 13.3. The van der Waals surface area contributed by atoms with E-state index < -0.39 is 22.5 Å². The number of rotatable bonds is 7. The zero-order valence-corrected chi connectivity index (χ0v) is 15.8. The van der Waals surface area contributed by atoms with Gasteiger partial charge in [0, 0.05) is 7.05 Å². The maximum atomic E-state index is 12.5. The Kier molecular flexibility index (Phi) is 6.73. The van der Waals surface area contributed by atoms with Gasteiger partial charge in [-0.15, -0.1) is 0 Å². The molecule has 0 fully saturated rings. The lowest BCUT2D eigenvalue weighted by Crippen LogP contribution is -2.36. The molecule has 0 aliphatic heterocycles. The summed E-state index contributed by atoms with van der Waals surface area (Å²) in [6.07, 6.45) is 1.47. The first kappa shape index (κ1) is 19.9. The highest BCUT2D eigenvalue weighted by molar-refractivity contribution is 7.89. The number of carbonyl (C=O) groups excluding carboxylic acids is 1. The minimum atomic E-state index is -3.88. The molecule has 2 aromatic rings. The number of hydrazone groups is 1. The van der Waals surface area contributed by atoms with E-state index in [1.54, 1.807) is 0 Å². The Morgan fingerprint density at radius 2 is 1.96 bits per heavy atom. The molecule has 0 radical (unpaired) electrons. The first-order valence-corrected chi connectivity index (χ1v) is 9.33. The summed E-state index contributed by atoms with van der Waals surface area (Å²) < 4.78 is 31.0. The van der Waals surface area contributed by atoms with Crippen molar-refractivity contribution in [1.29, 1.82) is 0 Å². The van der Waals surface area contributed by atoms with Crippen LogP contribution < -0.4 is 10.2 Å². The molecule has 1 N–H and O–H groups in total. The molecule has 0 saturated heterocycles. The maximum absolute atomic E-state index is 12.5. The lowest BCUT2D eigenvalue weighted by molar-refractivity contribution is -0.121. The van der Waals surface area contributed by atoms with Gasteiger partial charge in [-0.2, -0.15) is 9.41 Å². The fraction of sp³-hybridized carbons (Fsp3) is 0.176. The second kappa shape index (κ2) is 8.79. The zero-order valence-electron chi connectivity index (χ0n) is 14.2. The summed E-state index contributed by atoms with van der Waals surface area (Å²) in [5, 5.41) is 3.97. The summed E-state index contributed by atoms with van der Waals surface area (Å²) in [5.74, 6) is -0.205. The van der Waals surface area contributed by atoms with Gasteiger partial charge in [-0.05, 0) is 23.8 Å². The van der Waals surface area contributed by atoms with Crippen molar-refractivity contribution >= 4 is 33.7 Å². The van der Waals surface area contributed by atoms with Gasteiger partial charge < -0.3 is 4.74 Å². The predicted molar refractivity (Wildman–Crippen MR) is 100.0 cm³/mol. The molecule has 0 aliphatic carbocycles. The number of nitrogens with zero attached hydrogens (tertiary/aromatic N) is 2. The second-order valence-electron chi connectivity index (χ2n) is 5.26. The number of benzene rings is 2. The van der Waals surface area contributed by atoms with Crippen molar-refractivity contribution in [2.24, 2.45) is 5.10 Å². The van der Waals surface area contributed by atoms with Crippen molar-refractivity contribution in [2.45, 2.75) is 4.90 Å². The molecule has 1 amide bonds. The molecule has 0 unspecified atom stereocenters. The summed E-state index contributed by atoms with van der Waals surface area (Å²) in [5.41, 5.74) is 3.10. The number of likely N-dealkylation sites (N-methyl/N-ethyl adjacent to an activating group) is 1. The first-order valence-electron chi connectivity index (χ1n) is 7.51. The van der Waals surface area contributed by atoms with Crippen LogP contribution in [0.5, 0.6) is 5.75 Å². The summed E-state index contributed by atoms with van der Waals surface area (Å²) >= 11 is 5.97. The van der Waals surface area contributed by atoms with Crippen LogP contribution in [0.2, 0.25) is 5.02 Å². The van der Waals surface area contributed by atoms with Gasteiger partial charge in [0.15, 0.2) is 0 Å². The van der Waals surface area contributed by atoms with Crippen molar-refractivity contribution in [2.75, 3.05) is 20.7 Å². The molecule has 7 nitrogen and oxygen atoms in total. The molecule has 2 aromatic carbocycles. The number of halogens is 1. The van der Waals surface area contributed by atoms with Gasteiger partial charge in [0.1, 0.15) is 5.75 Å². The van der Waals surface area contributed by atoms with Crippen molar-refractivity contribution in [3.05, 3.63) is 59.1 Å². The first-order chi connectivity index (χ1) is 12.3. The molecule has 0 heterocycles. The third-order valence-electron chi connectivity index (χ3n) is 3.40. The van der Waals surface area contributed by atoms with Crippen molar-refractivity contribution in [1.82, 2.24) is 9.73 Å². The van der Waals surface area contributed by atoms with Crippen LogP contribution in [-0.4, -0.2) is 45.5 Å². The third kappa shape index (κ3) is 5.04. The quantitative estimate of drug-likeness (QED) is 0.574. The standard InChI is InChI=1S/C17H18ClN3O4S/c1-21(12-17(22)20-19-11-13-6-4-3-5-7-13)26(23,24)14-8-9-16(25-2)15(18)10-14/h3-11H,12H2,1-2H3,(H,20,22)/b19-11+. The van der Waals surface area contributed by atoms with Crippen molar-refractivity contribution in [3.8, 4) is 5.75 Å². The van der Waals surface area contributed by atoms with Gasteiger partial charge in [0.25, 0.3) is 5.91 Å². The minimum absolute atomic E-state index is 0.0358. The van der Waals surface area contributed by atoms with Crippen LogP contribution in [0.4, 0.5) is 0 Å². The highest BCUT2D eigenvalue weighted by Crippen LogP contribution is 2.27. The van der Waals surface area contributed by atoms with Crippen LogP contribution in [0.25, 0.3) is 0 Å². The van der Waals surface area contributed by atoms with Crippen LogP contribution in [0, 0.1) is 0 Å². The van der Waals surface area contributed by atoms with Crippen LogP contribution >= 0.6 is 11.6 Å². The molecule has 0 spiro atoms. The van der Waals surface area contributed by atoms with Gasteiger partial charge in [-0.3, -0.25) is 4.79 Å². The molecule has 0 aliphatic rings. The number of hydrogen-bond donors (Lipinski definition) is 1. The van der Waals surface area contributed by atoms with Gasteiger partial charge >= 0.3 is 0 Å². The van der Waals surface area contributed by atoms with E-state index >= 15 is 0 Å². The lowest BCUT2D eigenvalue weighted by Gasteiger charge is -2.16. The average molecular weight is 396 g/mol. The summed E-state index contributed by atoms with van der Waals surface area (Å²) in [6.45, 7) is -0.391. The summed E-state index contributed by atoms with van der Waals surface area (Å²) in [7, 11) is -1.15. The van der Waals surface area contributed by atoms with E-state index in [1.807, 2.05) is 30.3 Å². The molecule has 2 rings (SSSR count). The van der Waals surface area contributed by atoms with E-state index in [4.69, 9.17) is 16.3 Å². The Morgan fingerprint density at radius 1 is 1.27 bits per heavy atom. The largest absolute Gasteiger partial charge is 0.495 e. The van der Waals surface area contributed by atoms with Gasteiger partial charge in [-0.1, -0.05) is 41.9 Å². The average Bonchev–Trinajstić information content (AvgIpc) is 2.62. The predicted octanol–water partition coefficient (Wildman–Crippen LogP) is 2.12. The number of nitrogens with one attached hydrogen (secondary N) is 1. The molecular formula is C17H18ClN3O4S. The van der Waals surface area contributed by atoms with Crippen molar-refractivity contribution < 1.29 is 17.9 Å². The number of sulfonamides is 1. The molecule has 0 aromatic heterocycles. The van der Waals surface area contributed by atoms with E-state index in [2.05, 4.69) is 10.5 Å². The minimum Gasteiger partial charge on any atom is -0.495 e. The van der Waals surface area contributed by atoms with Crippen LogP contribution in [0.15, 0.2) is 58.5 Å². The van der Waals surface area contributed by atoms with Crippen LogP contribution in [-0.2, 0) is 14.8 Å². The van der Waals surface area contributed by atoms with Crippen LogP contribution in [0.1, 0.15) is 5.56 Å². The van der Waals surface area contributed by atoms with Crippen LogP contribution in [0.3, 0.4) is 0 Å². The molecule has 9 heteroatoms. The number of ether oxygens (including phenoxy) is 1. The topological polar surface area (TPSA) is 88.1 Å². The molecule has 0 atom stereocenters. The number of hydrogen-bond acceptors (Lipinski definition) is 5. The normalized spacial score (nSPS) is 11.7. The number of amides is 1. The molecule has 0 saturated carbocycles. The Hall–Kier alpha value is -2.42. The van der Waals surface area contributed by atoms with Gasteiger partial charge in [0.2, 0.25) is 10.0 Å². The highest BCUT2D eigenvalue weighted by Gasteiger charge is 2.23. The van der Waals surface area contributed by atoms with E-state index in [9.17, 15) is 13.2 Å². The second-order valence-corrected chi connectivity index (χ2v) is 7.71. The Bertz CT molecular complexity index is 901. The van der Waals surface area contributed by atoms with Gasteiger partial charge in [-0.25, -0.2) is 13.8 Å². The maximum Gasteiger partial charge on any atom is 0.255 e. The third-order valence-corrected chi connectivity index (χ3v) is 5.49. The van der Waals surface area contributed by atoms with Gasteiger partial charge in [0.05, 0.1) is 29.8 Å². The highest BCUT2D eigenvalue weighted by atomic mass is 35.5. The number of methoxy groups -OCH3 is 1. The number of carbonyl (C=O) groups is 1. The van der Waals surface area contributed by atoms with Crippen molar-refractivity contribution in [3.63, 3.8) is 0 Å². The van der Waals surface area contributed by atoms with E-state index in [0.29, 0.717) is 5.75 Å².